The van der Waals surface area contributed by atoms with Crippen LogP contribution in [0.2, 0.25) is 0 Å². The second kappa shape index (κ2) is 5.28. The van der Waals surface area contributed by atoms with E-state index in [0.717, 1.165) is 0 Å². The number of hydrogen-bond donors (Lipinski definition) is 1. The van der Waals surface area contributed by atoms with Gasteiger partial charge in [0.1, 0.15) is 12.2 Å². The Balaban J connectivity index is 2.16. The molecule has 0 bridgehead atoms. The zero-order valence-corrected chi connectivity index (χ0v) is 11.0. The third-order valence-electron chi connectivity index (χ3n) is 2.86. The number of aliphatic hydroxyl groups excluding tert-OH is 1. The van der Waals surface area contributed by atoms with Crippen molar-refractivity contribution in [3.8, 4) is 0 Å². The summed E-state index contributed by atoms with van der Waals surface area (Å²) in [7, 11) is 0. The fraction of sp³-hybridized carbons (Fsp3) is 0.500. The van der Waals surface area contributed by atoms with Gasteiger partial charge in [0.05, 0.1) is 6.54 Å². The Morgan fingerprint density at radius 1 is 1.35 bits per heavy atom. The van der Waals surface area contributed by atoms with Gasteiger partial charge in [-0.25, -0.2) is 9.67 Å². The van der Waals surface area contributed by atoms with E-state index in [1.54, 1.807) is 4.68 Å². The van der Waals surface area contributed by atoms with Crippen LogP contribution in [0.3, 0.4) is 0 Å². The third kappa shape index (κ3) is 3.01. The molecule has 2 aromatic rings. The molecule has 0 spiro atoms. The molecule has 2 aromatic heterocycles. The molecule has 1 unspecified atom stereocenters. The lowest BCUT2D eigenvalue weighted by Crippen LogP contribution is -2.19. The van der Waals surface area contributed by atoms with E-state index in [0.29, 0.717) is 12.4 Å². The van der Waals surface area contributed by atoms with Crippen LogP contribution in [0.25, 0.3) is 0 Å². The van der Waals surface area contributed by atoms with E-state index in [9.17, 15) is 13.2 Å². The molecule has 5 nitrogen and oxygen atoms in total. The SMILES string of the molecule is CC(C)n1ncnc1Cn1ccc(C(O)C(F)(F)F)c1. The Morgan fingerprint density at radius 3 is 2.65 bits per heavy atom. The molecule has 0 aliphatic rings. The highest BCUT2D eigenvalue weighted by molar-refractivity contribution is 5.15. The molecule has 0 aromatic carbocycles. The fourth-order valence-corrected chi connectivity index (χ4v) is 1.89. The van der Waals surface area contributed by atoms with E-state index in [4.69, 9.17) is 5.11 Å². The van der Waals surface area contributed by atoms with E-state index in [2.05, 4.69) is 10.1 Å². The predicted octanol–water partition coefficient (Wildman–Crippen LogP) is 2.30. The van der Waals surface area contributed by atoms with Crippen molar-refractivity contribution in [3.05, 3.63) is 36.2 Å². The van der Waals surface area contributed by atoms with Crippen molar-refractivity contribution in [1.82, 2.24) is 19.3 Å². The van der Waals surface area contributed by atoms with Crippen LogP contribution < -0.4 is 0 Å². The zero-order valence-electron chi connectivity index (χ0n) is 11.0. The molecule has 0 fully saturated rings. The lowest BCUT2D eigenvalue weighted by atomic mass is 10.2. The topological polar surface area (TPSA) is 55.9 Å². The van der Waals surface area contributed by atoms with Crippen LogP contribution in [0, 0.1) is 0 Å². The molecule has 8 heteroatoms. The van der Waals surface area contributed by atoms with Gasteiger partial charge >= 0.3 is 6.18 Å². The van der Waals surface area contributed by atoms with Crippen molar-refractivity contribution in [2.75, 3.05) is 0 Å². The van der Waals surface area contributed by atoms with Crippen molar-refractivity contribution in [3.63, 3.8) is 0 Å². The Morgan fingerprint density at radius 2 is 2.05 bits per heavy atom. The highest BCUT2D eigenvalue weighted by Gasteiger charge is 2.39. The highest BCUT2D eigenvalue weighted by Crippen LogP contribution is 2.32. The predicted molar refractivity (Wildman–Crippen MR) is 65.0 cm³/mol. The van der Waals surface area contributed by atoms with Gasteiger partial charge in [-0.3, -0.25) is 0 Å². The zero-order chi connectivity index (χ0) is 14.9. The van der Waals surface area contributed by atoms with Gasteiger partial charge in [0, 0.05) is 24.0 Å². The van der Waals surface area contributed by atoms with Gasteiger partial charge in [-0.1, -0.05) is 0 Å². The minimum atomic E-state index is -4.66. The molecule has 20 heavy (non-hydrogen) atoms. The molecule has 110 valence electrons. The summed E-state index contributed by atoms with van der Waals surface area (Å²) in [6.07, 6.45) is -2.98. The van der Waals surface area contributed by atoms with Crippen LogP contribution in [0.15, 0.2) is 24.8 Å². The summed E-state index contributed by atoms with van der Waals surface area (Å²) < 4.78 is 40.4. The molecule has 0 saturated heterocycles. The first-order valence-corrected chi connectivity index (χ1v) is 6.08. The van der Waals surface area contributed by atoms with Crippen LogP contribution in [-0.2, 0) is 6.54 Å². The Bertz CT molecular complexity index is 573. The van der Waals surface area contributed by atoms with E-state index in [1.165, 1.54) is 29.4 Å². The normalized spacial score (nSPS) is 13.9. The number of alkyl halides is 3. The standard InChI is InChI=1S/C12H15F3N4O/c1-8(2)19-10(16-7-17-19)6-18-4-3-9(5-18)11(20)12(13,14)15/h3-5,7-8,11,20H,6H2,1-2H3. The molecule has 0 radical (unpaired) electrons. The Kier molecular flexibility index (Phi) is 3.85. The number of nitrogens with zero attached hydrogens (tertiary/aromatic N) is 4. The summed E-state index contributed by atoms with van der Waals surface area (Å²) in [5.74, 6) is 0.642. The summed E-state index contributed by atoms with van der Waals surface area (Å²) in [5.41, 5.74) is -0.187. The highest BCUT2D eigenvalue weighted by atomic mass is 19.4. The lowest BCUT2D eigenvalue weighted by molar-refractivity contribution is -0.206. The average Bonchev–Trinajstić information content (AvgIpc) is 2.96. The van der Waals surface area contributed by atoms with Crippen molar-refractivity contribution in [2.45, 2.75) is 38.7 Å². The van der Waals surface area contributed by atoms with E-state index < -0.39 is 12.3 Å². The minimum absolute atomic E-state index is 0.114. The average molecular weight is 288 g/mol. The van der Waals surface area contributed by atoms with Gasteiger partial charge in [-0.05, 0) is 19.9 Å². The summed E-state index contributed by atoms with van der Waals surface area (Å²) in [6.45, 7) is 4.17. The maximum absolute atomic E-state index is 12.4. The van der Waals surface area contributed by atoms with Gasteiger partial charge in [-0.15, -0.1) is 0 Å². The van der Waals surface area contributed by atoms with Crippen molar-refractivity contribution in [2.24, 2.45) is 0 Å². The summed E-state index contributed by atoms with van der Waals surface area (Å²) in [4.78, 5) is 4.08. The Hall–Kier alpha value is -1.83. The first kappa shape index (κ1) is 14.6. The molecule has 0 aliphatic carbocycles. The smallest absolute Gasteiger partial charge is 0.379 e. The number of rotatable bonds is 4. The molecule has 1 N–H and O–H groups in total. The largest absolute Gasteiger partial charge is 0.418 e. The lowest BCUT2D eigenvalue weighted by Gasteiger charge is -2.13. The van der Waals surface area contributed by atoms with Crippen LogP contribution in [0.5, 0.6) is 0 Å². The monoisotopic (exact) mass is 288 g/mol. The summed E-state index contributed by atoms with van der Waals surface area (Å²) in [6, 6.07) is 1.36. The van der Waals surface area contributed by atoms with Gasteiger partial charge in [-0.2, -0.15) is 18.3 Å². The van der Waals surface area contributed by atoms with Gasteiger partial charge < -0.3 is 9.67 Å². The van der Waals surface area contributed by atoms with Gasteiger partial charge in [0.15, 0.2) is 6.10 Å². The van der Waals surface area contributed by atoms with Gasteiger partial charge in [0.2, 0.25) is 0 Å². The maximum atomic E-state index is 12.4. The van der Waals surface area contributed by atoms with Crippen molar-refractivity contribution < 1.29 is 18.3 Å². The first-order valence-electron chi connectivity index (χ1n) is 6.08. The number of hydrogen-bond acceptors (Lipinski definition) is 3. The van der Waals surface area contributed by atoms with Gasteiger partial charge in [0.25, 0.3) is 0 Å². The molecule has 1 atom stereocenters. The van der Waals surface area contributed by atoms with Crippen LogP contribution in [-0.4, -0.2) is 30.6 Å². The number of aliphatic hydroxyl groups is 1. The van der Waals surface area contributed by atoms with E-state index >= 15 is 0 Å². The molecule has 0 aliphatic heterocycles. The summed E-state index contributed by atoms with van der Waals surface area (Å²) in [5, 5.41) is 13.2. The number of halogens is 3. The van der Waals surface area contributed by atoms with Crippen LogP contribution >= 0.6 is 0 Å². The molecule has 0 saturated carbocycles. The fourth-order valence-electron chi connectivity index (χ4n) is 1.89. The van der Waals surface area contributed by atoms with E-state index in [-0.39, 0.29) is 11.6 Å². The Labute approximate surface area is 113 Å². The first-order chi connectivity index (χ1) is 9.29. The van der Waals surface area contributed by atoms with E-state index in [1.807, 2.05) is 13.8 Å². The third-order valence-corrected chi connectivity index (χ3v) is 2.86. The second-order valence-electron chi connectivity index (χ2n) is 4.78. The van der Waals surface area contributed by atoms with Crippen LogP contribution in [0.1, 0.15) is 37.4 Å². The molecule has 0 amide bonds. The maximum Gasteiger partial charge on any atom is 0.418 e. The molecule has 2 rings (SSSR count). The minimum Gasteiger partial charge on any atom is -0.379 e. The molecule has 2 heterocycles. The molecular weight excluding hydrogens is 273 g/mol. The molecular formula is C12H15F3N4O. The van der Waals surface area contributed by atoms with Crippen LogP contribution in [0.4, 0.5) is 13.2 Å². The summed E-state index contributed by atoms with van der Waals surface area (Å²) >= 11 is 0. The second-order valence-corrected chi connectivity index (χ2v) is 4.78. The van der Waals surface area contributed by atoms with Crippen molar-refractivity contribution >= 4 is 0 Å². The van der Waals surface area contributed by atoms with Crippen molar-refractivity contribution in [1.29, 1.82) is 0 Å². The number of aromatic nitrogens is 4. The quantitative estimate of drug-likeness (QED) is 0.939.